The van der Waals surface area contributed by atoms with E-state index in [1.54, 1.807) is 6.08 Å². The Morgan fingerprint density at radius 1 is 0.404 bits per heavy atom. The van der Waals surface area contributed by atoms with E-state index in [9.17, 15) is 19.4 Å². The Kier molecular flexibility index (Phi) is 67.7. The first kappa shape index (κ1) is 86.4. The highest BCUT2D eigenvalue weighted by molar-refractivity contribution is 7.45. The smallest absolute Gasteiger partial charge is 0.268 e. The number of allylic oxidation sites excluding steroid dienone is 15. The summed E-state index contributed by atoms with van der Waals surface area (Å²) in [5, 5.41) is 14.0. The first-order valence-electron chi connectivity index (χ1n) is 38.1. The Balaban J connectivity index is 4.04. The molecule has 518 valence electrons. The highest BCUT2D eigenvalue weighted by Gasteiger charge is 2.23. The largest absolute Gasteiger partial charge is 0.756 e. The van der Waals surface area contributed by atoms with Gasteiger partial charge in [-0.1, -0.05) is 361 Å². The summed E-state index contributed by atoms with van der Waals surface area (Å²) in [6.45, 7) is 4.56. The molecule has 2 N–H and O–H groups in total. The number of hydrogen-bond donors (Lipinski definition) is 2. The van der Waals surface area contributed by atoms with E-state index in [4.69, 9.17) is 9.05 Å². The summed E-state index contributed by atoms with van der Waals surface area (Å²) < 4.78 is 23.5. The van der Waals surface area contributed by atoms with Gasteiger partial charge in [-0.3, -0.25) is 9.36 Å². The Morgan fingerprint density at radius 3 is 1.04 bits per heavy atom. The molecule has 1 amide bonds. The number of rotatable bonds is 70. The van der Waals surface area contributed by atoms with Crippen LogP contribution in [0.4, 0.5) is 0 Å². The molecule has 3 unspecified atom stereocenters. The minimum absolute atomic E-state index is 0.00791. The number of aliphatic hydroxyl groups is 1. The number of unbranched alkanes of at least 4 members (excludes halogenated alkanes) is 43. The van der Waals surface area contributed by atoms with E-state index in [-0.39, 0.29) is 12.5 Å². The fourth-order valence-corrected chi connectivity index (χ4v) is 11.9. The summed E-state index contributed by atoms with van der Waals surface area (Å²) in [5.41, 5.74) is 0. The normalized spacial score (nSPS) is 14.1. The molecule has 0 aliphatic carbocycles. The molecule has 0 radical (unpaired) electrons. The van der Waals surface area contributed by atoms with Gasteiger partial charge in [-0.25, -0.2) is 0 Å². The van der Waals surface area contributed by atoms with Crippen LogP contribution in [-0.2, 0) is 18.4 Å². The fourth-order valence-electron chi connectivity index (χ4n) is 11.2. The molecular formula is C80H147N2O6P. The molecular weight excluding hydrogens is 1120 g/mol. The second-order valence-corrected chi connectivity index (χ2v) is 28.4. The first-order valence-corrected chi connectivity index (χ1v) is 39.6. The molecule has 0 rings (SSSR count). The lowest BCUT2D eigenvalue weighted by atomic mass is 10.0. The molecule has 0 aromatic rings. The average molecular weight is 1260 g/mol. The summed E-state index contributed by atoms with van der Waals surface area (Å²) in [7, 11) is 1.25. The van der Waals surface area contributed by atoms with Crippen LogP contribution in [0.2, 0.25) is 0 Å². The summed E-state index contributed by atoms with van der Waals surface area (Å²) >= 11 is 0. The molecule has 89 heavy (non-hydrogen) atoms. The Hall–Kier alpha value is -2.58. The van der Waals surface area contributed by atoms with Gasteiger partial charge in [0.15, 0.2) is 0 Å². The van der Waals surface area contributed by atoms with Crippen molar-refractivity contribution >= 4 is 13.7 Å². The van der Waals surface area contributed by atoms with E-state index in [0.717, 1.165) is 77.0 Å². The maximum absolute atomic E-state index is 13.1. The van der Waals surface area contributed by atoms with Crippen LogP contribution < -0.4 is 10.2 Å². The van der Waals surface area contributed by atoms with E-state index in [1.807, 2.05) is 27.2 Å². The third-order valence-corrected chi connectivity index (χ3v) is 18.0. The molecule has 0 spiro atoms. The predicted octanol–water partition coefficient (Wildman–Crippen LogP) is 24.2. The van der Waals surface area contributed by atoms with Gasteiger partial charge in [0, 0.05) is 6.42 Å². The van der Waals surface area contributed by atoms with Gasteiger partial charge in [0.2, 0.25) is 5.91 Å². The topological polar surface area (TPSA) is 108 Å². The molecule has 0 bridgehead atoms. The van der Waals surface area contributed by atoms with E-state index in [1.165, 1.54) is 257 Å². The van der Waals surface area contributed by atoms with Crippen LogP contribution in [0, 0.1) is 0 Å². The van der Waals surface area contributed by atoms with Crippen molar-refractivity contribution in [3.63, 3.8) is 0 Å². The molecule has 0 aromatic heterocycles. The lowest BCUT2D eigenvalue weighted by Gasteiger charge is -2.29. The third kappa shape index (κ3) is 72.7. The van der Waals surface area contributed by atoms with Gasteiger partial charge in [0.1, 0.15) is 13.2 Å². The molecule has 0 saturated heterocycles. The van der Waals surface area contributed by atoms with Crippen molar-refractivity contribution in [2.75, 3.05) is 40.9 Å². The zero-order valence-electron chi connectivity index (χ0n) is 59.4. The van der Waals surface area contributed by atoms with Crippen LogP contribution in [0.5, 0.6) is 0 Å². The van der Waals surface area contributed by atoms with Crippen molar-refractivity contribution < 1.29 is 32.9 Å². The summed E-state index contributed by atoms with van der Waals surface area (Å²) in [4.78, 5) is 25.7. The molecule has 0 aromatic carbocycles. The molecule has 0 heterocycles. The molecule has 9 heteroatoms. The summed E-state index contributed by atoms with van der Waals surface area (Å²) in [6, 6.07) is -0.909. The zero-order valence-corrected chi connectivity index (χ0v) is 60.3. The van der Waals surface area contributed by atoms with Gasteiger partial charge in [-0.05, 0) is 83.5 Å². The Labute approximate surface area is 553 Å². The van der Waals surface area contributed by atoms with Crippen LogP contribution in [0.25, 0.3) is 0 Å². The number of phosphoric ester groups is 1. The highest BCUT2D eigenvalue weighted by Crippen LogP contribution is 2.38. The molecule has 3 atom stereocenters. The van der Waals surface area contributed by atoms with E-state index in [2.05, 4.69) is 104 Å². The number of nitrogens with one attached hydrogen (secondary N) is 1. The maximum Gasteiger partial charge on any atom is 0.268 e. The molecule has 0 saturated carbocycles. The van der Waals surface area contributed by atoms with Crippen molar-refractivity contribution in [1.29, 1.82) is 0 Å². The van der Waals surface area contributed by atoms with Gasteiger partial charge in [-0.15, -0.1) is 0 Å². The first-order chi connectivity index (χ1) is 43.5. The average Bonchev–Trinajstić information content (AvgIpc) is 3.57. The van der Waals surface area contributed by atoms with Crippen molar-refractivity contribution in [1.82, 2.24) is 5.32 Å². The van der Waals surface area contributed by atoms with Crippen molar-refractivity contribution in [3.8, 4) is 0 Å². The van der Waals surface area contributed by atoms with Crippen molar-refractivity contribution in [2.45, 2.75) is 366 Å². The monoisotopic (exact) mass is 1260 g/mol. The molecule has 8 nitrogen and oxygen atoms in total. The van der Waals surface area contributed by atoms with Gasteiger partial charge in [-0.2, -0.15) is 0 Å². The summed E-state index contributed by atoms with van der Waals surface area (Å²) in [5.74, 6) is -0.204. The van der Waals surface area contributed by atoms with Crippen LogP contribution in [0.3, 0.4) is 0 Å². The molecule has 0 aliphatic heterocycles. The standard InChI is InChI=1S/C80H147N2O6P/c1-6-8-10-12-14-16-18-20-22-24-26-28-30-32-34-36-38-39-40-41-42-43-44-46-48-50-52-54-56-58-60-62-64-66-68-70-72-74-80(84)81-78(77-88-89(85,86)87-76-75-82(3,4)5)79(83)73-71-69-67-65-63-61-59-57-55-53-51-49-47-45-37-35-33-31-29-27-25-23-21-19-17-15-13-11-9-7-2/h8,10,14,16,20,22,26,28,32,34,38-39,63,65,71,73,78-79,83H,6-7,9,11-13,15,17-19,21,23-25,27,29-31,33,35-37,40-62,64,66-70,72,74-77H2,1-5H3,(H-,81,84,85,86)/b10-8-,16-14-,22-20-,28-26-,34-32-,39-38-,65-63+,73-71+. The minimum atomic E-state index is -4.62. The van der Waals surface area contributed by atoms with E-state index in [0.29, 0.717) is 17.4 Å². The van der Waals surface area contributed by atoms with E-state index >= 15 is 0 Å². The lowest BCUT2D eigenvalue weighted by molar-refractivity contribution is -0.870. The van der Waals surface area contributed by atoms with Crippen LogP contribution in [0.15, 0.2) is 97.2 Å². The second-order valence-electron chi connectivity index (χ2n) is 27.0. The SMILES string of the molecule is CC/C=C\C/C=C\C/C=C\C/C=C\C/C=C\C/C=C\CCCCCCCCCCCCCCCCCCCCC(=O)NC(COP(=O)([O-])OCC[N+](C)(C)C)C(O)/C=C/CC/C=C/CCCCCCCCCCCCCCCCCCCCCCCCCC. The number of likely N-dealkylation sites (N-methyl/N-ethyl adjacent to an activating group) is 1. The minimum Gasteiger partial charge on any atom is -0.756 e. The Morgan fingerprint density at radius 2 is 0.697 bits per heavy atom. The predicted molar refractivity (Wildman–Crippen MR) is 390 cm³/mol. The number of hydrogen-bond acceptors (Lipinski definition) is 6. The number of carbonyl (C=O) groups excluding carboxylic acids is 1. The van der Waals surface area contributed by atoms with E-state index < -0.39 is 26.6 Å². The Bertz CT molecular complexity index is 1780. The van der Waals surface area contributed by atoms with Gasteiger partial charge in [0.25, 0.3) is 7.82 Å². The maximum atomic E-state index is 13.1. The number of aliphatic hydroxyl groups excluding tert-OH is 1. The fraction of sp³-hybridized carbons (Fsp3) is 0.787. The third-order valence-electron chi connectivity index (χ3n) is 17.0. The lowest BCUT2D eigenvalue weighted by Crippen LogP contribution is -2.45. The highest BCUT2D eigenvalue weighted by atomic mass is 31.2. The van der Waals surface area contributed by atoms with Gasteiger partial charge >= 0.3 is 0 Å². The van der Waals surface area contributed by atoms with Gasteiger partial charge < -0.3 is 28.8 Å². The summed E-state index contributed by atoms with van der Waals surface area (Å²) in [6.07, 6.45) is 101. The number of phosphoric acid groups is 1. The van der Waals surface area contributed by atoms with Crippen LogP contribution in [0.1, 0.15) is 354 Å². The van der Waals surface area contributed by atoms with Crippen molar-refractivity contribution in [2.24, 2.45) is 0 Å². The quantitative estimate of drug-likeness (QED) is 0.0272. The zero-order chi connectivity index (χ0) is 64.8. The van der Waals surface area contributed by atoms with Crippen LogP contribution >= 0.6 is 7.82 Å². The molecule has 0 aliphatic rings. The second kappa shape index (κ2) is 69.8. The van der Waals surface area contributed by atoms with Crippen LogP contribution in [-0.4, -0.2) is 68.5 Å². The van der Waals surface area contributed by atoms with Gasteiger partial charge in [0.05, 0.1) is 39.9 Å². The number of quaternary nitrogens is 1. The number of carbonyl (C=O) groups is 1. The van der Waals surface area contributed by atoms with Crippen molar-refractivity contribution in [3.05, 3.63) is 97.2 Å². The number of amides is 1. The number of nitrogens with zero attached hydrogens (tertiary/aromatic N) is 1. The molecule has 0 fully saturated rings.